The van der Waals surface area contributed by atoms with Crippen molar-refractivity contribution >= 4 is 44.1 Å². The predicted molar refractivity (Wildman–Crippen MR) is 158 cm³/mol. The van der Waals surface area contributed by atoms with Crippen LogP contribution in [0.4, 0.5) is 23.0 Å². The zero-order valence-electron chi connectivity index (χ0n) is 22.9. The summed E-state index contributed by atoms with van der Waals surface area (Å²) >= 11 is 0. The maximum absolute atomic E-state index is 13.1. The molecule has 9 nitrogen and oxygen atoms in total. The molecule has 0 spiro atoms. The molecule has 39 heavy (non-hydrogen) atoms. The minimum absolute atomic E-state index is 0.467. The summed E-state index contributed by atoms with van der Waals surface area (Å²) in [5.41, 5.74) is 5.68. The van der Waals surface area contributed by atoms with Gasteiger partial charge in [0, 0.05) is 67.6 Å². The van der Waals surface area contributed by atoms with Crippen LogP contribution in [0.5, 0.6) is 0 Å². The Hall–Kier alpha value is -3.63. The predicted octanol–water partition coefficient (Wildman–Crippen LogP) is 4.41. The van der Waals surface area contributed by atoms with E-state index in [1.54, 1.807) is 25.1 Å². The van der Waals surface area contributed by atoms with Crippen molar-refractivity contribution in [3.63, 3.8) is 0 Å². The van der Waals surface area contributed by atoms with Crippen molar-refractivity contribution in [2.45, 2.75) is 31.9 Å². The third-order valence-electron chi connectivity index (χ3n) is 7.68. The minimum atomic E-state index is -3.44. The summed E-state index contributed by atoms with van der Waals surface area (Å²) < 4.78 is 28.9. The summed E-state index contributed by atoms with van der Waals surface area (Å²) in [5, 5.41) is 4.28. The molecule has 2 aromatic carbocycles. The van der Waals surface area contributed by atoms with Gasteiger partial charge >= 0.3 is 0 Å². The van der Waals surface area contributed by atoms with E-state index in [4.69, 9.17) is 4.98 Å². The second-order valence-corrected chi connectivity index (χ2v) is 14.0. The van der Waals surface area contributed by atoms with Gasteiger partial charge in [0.25, 0.3) is 0 Å². The van der Waals surface area contributed by atoms with Crippen LogP contribution < -0.4 is 14.5 Å². The van der Waals surface area contributed by atoms with Crippen molar-refractivity contribution in [3.05, 3.63) is 66.5 Å². The summed E-state index contributed by atoms with van der Waals surface area (Å²) in [4.78, 5) is 14.1. The van der Waals surface area contributed by atoms with Crippen molar-refractivity contribution < 1.29 is 8.42 Å². The van der Waals surface area contributed by atoms with Gasteiger partial charge in [0.15, 0.2) is 0 Å². The Labute approximate surface area is 230 Å². The number of hydrogen-bond donors (Lipinski definition) is 1. The maximum Gasteiger partial charge on any atom is 0.240 e. The van der Waals surface area contributed by atoms with Crippen LogP contribution in [-0.4, -0.2) is 72.4 Å². The van der Waals surface area contributed by atoms with Crippen LogP contribution in [0.25, 0.3) is 16.7 Å². The summed E-state index contributed by atoms with van der Waals surface area (Å²) in [6.45, 7) is 9.92. The number of rotatable bonds is 5. The summed E-state index contributed by atoms with van der Waals surface area (Å²) in [7, 11) is -1.28. The molecule has 0 atom stereocenters. The van der Waals surface area contributed by atoms with Gasteiger partial charge in [0.1, 0.15) is 5.65 Å². The highest BCUT2D eigenvalue weighted by atomic mass is 32.2. The molecule has 4 heterocycles. The van der Waals surface area contributed by atoms with Gasteiger partial charge in [-0.2, -0.15) is 4.98 Å². The number of sulfonamides is 1. The summed E-state index contributed by atoms with van der Waals surface area (Å²) in [6, 6.07) is 16.4. The molecule has 0 bridgehead atoms. The Kier molecular flexibility index (Phi) is 6.27. The van der Waals surface area contributed by atoms with E-state index in [9.17, 15) is 8.42 Å². The van der Waals surface area contributed by atoms with Gasteiger partial charge < -0.3 is 19.7 Å². The zero-order valence-corrected chi connectivity index (χ0v) is 23.7. The standard InChI is InChI=1S/C29H35N7O2S/c1-29(2,3)39(37,38)36-14-12-21-19-25(9-10-26(21)36)35-13-11-22-20-30-28(32-27(22)35)31-23-5-7-24(8-6-23)34-17-15-33(4)16-18-34/h5-11,13,19-20H,12,14-18H2,1-4H3,(H,30,31,32). The van der Waals surface area contributed by atoms with E-state index in [-0.39, 0.29) is 0 Å². The van der Waals surface area contributed by atoms with Crippen LogP contribution in [0, 0.1) is 0 Å². The third kappa shape index (κ3) is 4.72. The molecule has 1 fully saturated rings. The smallest absolute Gasteiger partial charge is 0.240 e. The Morgan fingerprint density at radius 2 is 1.62 bits per heavy atom. The van der Waals surface area contributed by atoms with Crippen LogP contribution in [0.1, 0.15) is 26.3 Å². The normalized spacial score (nSPS) is 16.6. The molecule has 0 radical (unpaired) electrons. The first-order chi connectivity index (χ1) is 18.6. The number of piperazine rings is 1. The van der Waals surface area contributed by atoms with Crippen molar-refractivity contribution in [3.8, 4) is 5.69 Å². The minimum Gasteiger partial charge on any atom is -0.369 e. The second kappa shape index (κ2) is 9.53. The Morgan fingerprint density at radius 1 is 0.897 bits per heavy atom. The lowest BCUT2D eigenvalue weighted by atomic mass is 10.1. The van der Waals surface area contributed by atoms with E-state index in [2.05, 4.69) is 57.5 Å². The molecule has 1 N–H and O–H groups in total. The topological polar surface area (TPSA) is 86.6 Å². The fourth-order valence-corrected chi connectivity index (χ4v) is 6.65. The quantitative estimate of drug-likeness (QED) is 0.398. The highest BCUT2D eigenvalue weighted by molar-refractivity contribution is 7.94. The van der Waals surface area contributed by atoms with Crippen LogP contribution in [-0.2, 0) is 16.4 Å². The van der Waals surface area contributed by atoms with E-state index in [0.29, 0.717) is 18.9 Å². The van der Waals surface area contributed by atoms with Gasteiger partial charge in [-0.1, -0.05) is 0 Å². The average Bonchev–Trinajstić information content (AvgIpc) is 3.53. The lowest BCUT2D eigenvalue weighted by Gasteiger charge is -2.34. The Bertz CT molecular complexity index is 1620. The van der Waals surface area contributed by atoms with Crippen LogP contribution in [0.2, 0.25) is 0 Å². The molecule has 204 valence electrons. The monoisotopic (exact) mass is 545 g/mol. The number of fused-ring (bicyclic) bond motifs is 2. The molecule has 10 heteroatoms. The highest BCUT2D eigenvalue weighted by Gasteiger charge is 2.38. The largest absolute Gasteiger partial charge is 0.369 e. The number of likely N-dealkylation sites (N-methyl/N-ethyl adjacent to an activating group) is 1. The average molecular weight is 546 g/mol. The van der Waals surface area contributed by atoms with Gasteiger partial charge in [-0.15, -0.1) is 0 Å². The van der Waals surface area contributed by atoms with Gasteiger partial charge in [-0.3, -0.25) is 4.31 Å². The third-order valence-corrected chi connectivity index (χ3v) is 10.2. The number of hydrogen-bond acceptors (Lipinski definition) is 7. The first-order valence-electron chi connectivity index (χ1n) is 13.4. The van der Waals surface area contributed by atoms with Crippen molar-refractivity contribution in [1.82, 2.24) is 19.4 Å². The van der Waals surface area contributed by atoms with Crippen LogP contribution >= 0.6 is 0 Å². The molecule has 6 rings (SSSR count). The number of anilines is 4. The Balaban J connectivity index is 1.24. The fraction of sp³-hybridized carbons (Fsp3) is 0.379. The molecular formula is C29H35N7O2S. The van der Waals surface area contributed by atoms with Gasteiger partial charge in [0.2, 0.25) is 16.0 Å². The molecule has 2 aliphatic heterocycles. The molecule has 0 amide bonds. The van der Waals surface area contributed by atoms with Gasteiger partial charge in [-0.05, 0) is 88.3 Å². The molecule has 0 aliphatic carbocycles. The number of benzene rings is 2. The molecule has 2 aromatic heterocycles. The second-order valence-electron chi connectivity index (χ2n) is 11.4. The molecular weight excluding hydrogens is 510 g/mol. The SMILES string of the molecule is CN1CCN(c2ccc(Nc3ncc4ccn(-c5ccc6c(c5)CCN6S(=O)(=O)C(C)(C)C)c4n3)cc2)CC1. The van der Waals surface area contributed by atoms with Gasteiger partial charge in [-0.25, -0.2) is 13.4 Å². The summed E-state index contributed by atoms with van der Waals surface area (Å²) in [6.07, 6.45) is 4.49. The van der Waals surface area contributed by atoms with Crippen molar-refractivity contribution in [1.29, 1.82) is 0 Å². The summed E-state index contributed by atoms with van der Waals surface area (Å²) in [5.74, 6) is 0.526. The van der Waals surface area contributed by atoms with E-state index in [1.807, 2.05) is 35.2 Å². The molecule has 1 saturated heterocycles. The van der Waals surface area contributed by atoms with E-state index >= 15 is 0 Å². The molecule has 0 unspecified atom stereocenters. The molecule has 4 aromatic rings. The first-order valence-corrected chi connectivity index (χ1v) is 14.8. The molecule has 2 aliphatic rings. The highest BCUT2D eigenvalue weighted by Crippen LogP contribution is 2.36. The van der Waals surface area contributed by atoms with E-state index in [0.717, 1.165) is 59.8 Å². The molecule has 0 saturated carbocycles. The van der Waals surface area contributed by atoms with Crippen LogP contribution in [0.15, 0.2) is 60.9 Å². The number of nitrogens with one attached hydrogen (secondary N) is 1. The Morgan fingerprint density at radius 3 is 2.33 bits per heavy atom. The zero-order chi connectivity index (χ0) is 27.4. The van der Waals surface area contributed by atoms with E-state index in [1.165, 1.54) is 5.69 Å². The lowest BCUT2D eigenvalue weighted by molar-refractivity contribution is 0.313. The lowest BCUT2D eigenvalue weighted by Crippen LogP contribution is -2.44. The van der Waals surface area contributed by atoms with Crippen molar-refractivity contribution in [2.75, 3.05) is 54.3 Å². The number of nitrogens with zero attached hydrogens (tertiary/aromatic N) is 6. The number of aromatic nitrogens is 3. The maximum atomic E-state index is 13.1. The van der Waals surface area contributed by atoms with E-state index < -0.39 is 14.8 Å². The first kappa shape index (κ1) is 25.6. The van der Waals surface area contributed by atoms with Crippen LogP contribution in [0.3, 0.4) is 0 Å². The van der Waals surface area contributed by atoms with Crippen molar-refractivity contribution in [2.24, 2.45) is 0 Å². The fourth-order valence-electron chi connectivity index (χ4n) is 5.22. The van der Waals surface area contributed by atoms with Gasteiger partial charge in [0.05, 0.1) is 10.4 Å².